The Balaban J connectivity index is 0.00000208. The highest BCUT2D eigenvalue weighted by molar-refractivity contribution is 6.32. The lowest BCUT2D eigenvalue weighted by Gasteiger charge is -2.35. The maximum atomic E-state index is 10.9. The average Bonchev–Trinajstić information content (AvgIpc) is 2.93. The highest BCUT2D eigenvalue weighted by Crippen LogP contribution is 2.28. The number of benzene rings is 1. The second-order valence-corrected chi connectivity index (χ2v) is 6.04. The number of aromatic nitrogens is 2. The standard InChI is InChI=1S/C15H18ClN5O2.ClH/c1-19-6-5-18-15(19)14-9-17-4-7-20(14)10-11-2-3-13(21(22)23)12(16)8-11;/h2-3,5-6,8,14,17H,4,7,9-10H2,1H3;1H. The maximum Gasteiger partial charge on any atom is 0.287 e. The summed E-state index contributed by atoms with van der Waals surface area (Å²) in [5.74, 6) is 1.00. The smallest absolute Gasteiger partial charge is 0.287 e. The van der Waals surface area contributed by atoms with Crippen LogP contribution in [0.4, 0.5) is 5.69 Å². The van der Waals surface area contributed by atoms with Gasteiger partial charge in [0.25, 0.3) is 5.69 Å². The molecule has 1 aliphatic heterocycles. The van der Waals surface area contributed by atoms with Crippen molar-refractivity contribution in [1.82, 2.24) is 19.8 Å². The molecule has 0 amide bonds. The van der Waals surface area contributed by atoms with E-state index in [-0.39, 0.29) is 29.2 Å². The molecule has 0 bridgehead atoms. The van der Waals surface area contributed by atoms with Gasteiger partial charge in [-0.05, 0) is 11.6 Å². The number of nitro benzene ring substituents is 1. The van der Waals surface area contributed by atoms with E-state index in [9.17, 15) is 10.1 Å². The lowest BCUT2D eigenvalue weighted by Crippen LogP contribution is -2.46. The van der Waals surface area contributed by atoms with E-state index in [1.54, 1.807) is 18.3 Å². The number of nitro groups is 1. The van der Waals surface area contributed by atoms with Crippen molar-refractivity contribution in [3.05, 3.63) is 57.1 Å². The van der Waals surface area contributed by atoms with E-state index in [2.05, 4.69) is 15.2 Å². The van der Waals surface area contributed by atoms with Gasteiger partial charge in [-0.3, -0.25) is 15.0 Å². The van der Waals surface area contributed by atoms with Gasteiger partial charge in [-0.1, -0.05) is 17.7 Å². The zero-order valence-electron chi connectivity index (χ0n) is 13.2. The van der Waals surface area contributed by atoms with Gasteiger partial charge in [-0.15, -0.1) is 12.4 Å². The lowest BCUT2D eigenvalue weighted by atomic mass is 10.1. The normalized spacial score (nSPS) is 18.2. The molecule has 3 rings (SSSR count). The van der Waals surface area contributed by atoms with Gasteiger partial charge in [0.1, 0.15) is 10.8 Å². The summed E-state index contributed by atoms with van der Waals surface area (Å²) in [5.41, 5.74) is 0.901. The lowest BCUT2D eigenvalue weighted by molar-refractivity contribution is -0.384. The molecule has 7 nitrogen and oxygen atoms in total. The number of halogens is 2. The van der Waals surface area contributed by atoms with Crippen LogP contribution in [0.5, 0.6) is 0 Å². The minimum atomic E-state index is -0.465. The van der Waals surface area contributed by atoms with Gasteiger partial charge in [-0.2, -0.15) is 0 Å². The maximum absolute atomic E-state index is 10.9. The van der Waals surface area contributed by atoms with E-state index in [1.807, 2.05) is 17.8 Å². The molecule has 1 aliphatic rings. The van der Waals surface area contributed by atoms with E-state index in [0.29, 0.717) is 6.54 Å². The van der Waals surface area contributed by atoms with E-state index >= 15 is 0 Å². The van der Waals surface area contributed by atoms with Gasteiger partial charge in [-0.25, -0.2) is 4.98 Å². The predicted molar refractivity (Wildman–Crippen MR) is 94.6 cm³/mol. The SMILES string of the molecule is Cl.Cn1ccnc1C1CNCCN1Cc1ccc([N+](=O)[O-])c(Cl)c1. The summed E-state index contributed by atoms with van der Waals surface area (Å²) in [4.78, 5) is 17.2. The van der Waals surface area contributed by atoms with Crippen molar-refractivity contribution in [3.8, 4) is 0 Å². The van der Waals surface area contributed by atoms with Crippen LogP contribution in [0.2, 0.25) is 5.02 Å². The topological polar surface area (TPSA) is 76.2 Å². The van der Waals surface area contributed by atoms with Gasteiger partial charge in [0, 0.05) is 51.7 Å². The van der Waals surface area contributed by atoms with Crippen molar-refractivity contribution >= 4 is 29.7 Å². The van der Waals surface area contributed by atoms with Crippen LogP contribution in [-0.2, 0) is 13.6 Å². The Kier molecular flexibility index (Phi) is 6.17. The van der Waals surface area contributed by atoms with Crippen LogP contribution in [0.25, 0.3) is 0 Å². The Morgan fingerprint density at radius 3 is 2.92 bits per heavy atom. The Labute approximate surface area is 151 Å². The van der Waals surface area contributed by atoms with Crippen molar-refractivity contribution in [2.75, 3.05) is 19.6 Å². The number of hydrogen-bond donors (Lipinski definition) is 1. The van der Waals surface area contributed by atoms with E-state index in [4.69, 9.17) is 11.6 Å². The van der Waals surface area contributed by atoms with Crippen LogP contribution in [0.1, 0.15) is 17.4 Å². The van der Waals surface area contributed by atoms with Crippen molar-refractivity contribution in [3.63, 3.8) is 0 Å². The first-order valence-electron chi connectivity index (χ1n) is 7.41. The Morgan fingerprint density at radius 1 is 1.50 bits per heavy atom. The van der Waals surface area contributed by atoms with Gasteiger partial charge in [0.15, 0.2) is 0 Å². The quantitative estimate of drug-likeness (QED) is 0.660. The third kappa shape index (κ3) is 3.87. The average molecular weight is 372 g/mol. The second kappa shape index (κ2) is 7.94. The molecule has 9 heteroatoms. The third-order valence-electron chi connectivity index (χ3n) is 4.11. The zero-order chi connectivity index (χ0) is 16.4. The van der Waals surface area contributed by atoms with Gasteiger partial charge in [0.2, 0.25) is 0 Å². The molecule has 1 N–H and O–H groups in total. The van der Waals surface area contributed by atoms with Gasteiger partial charge in [0.05, 0.1) is 11.0 Å². The minimum absolute atomic E-state index is 0. The largest absolute Gasteiger partial charge is 0.337 e. The summed E-state index contributed by atoms with van der Waals surface area (Å²) in [7, 11) is 1.98. The number of nitrogens with one attached hydrogen (secondary N) is 1. The molecule has 0 aliphatic carbocycles. The summed E-state index contributed by atoms with van der Waals surface area (Å²) in [6.45, 7) is 3.29. The van der Waals surface area contributed by atoms with Gasteiger partial charge >= 0.3 is 0 Å². The fourth-order valence-corrected chi connectivity index (χ4v) is 3.19. The molecule has 1 aromatic heterocycles. The van der Waals surface area contributed by atoms with E-state index < -0.39 is 4.92 Å². The molecular formula is C15H19Cl2N5O2. The number of piperazine rings is 1. The van der Waals surface area contributed by atoms with Crippen LogP contribution in [0.15, 0.2) is 30.6 Å². The highest BCUT2D eigenvalue weighted by atomic mass is 35.5. The number of nitrogens with zero attached hydrogens (tertiary/aromatic N) is 4. The number of imidazole rings is 1. The van der Waals surface area contributed by atoms with E-state index in [0.717, 1.165) is 31.0 Å². The number of hydrogen-bond acceptors (Lipinski definition) is 5. The number of aryl methyl sites for hydroxylation is 1. The summed E-state index contributed by atoms with van der Waals surface area (Å²) in [6.07, 6.45) is 3.73. The molecule has 1 fully saturated rings. The molecule has 1 atom stereocenters. The molecule has 1 aromatic carbocycles. The molecule has 24 heavy (non-hydrogen) atoms. The number of rotatable bonds is 4. The molecule has 2 aromatic rings. The van der Waals surface area contributed by atoms with Crippen LogP contribution in [0, 0.1) is 10.1 Å². The van der Waals surface area contributed by atoms with Crippen LogP contribution < -0.4 is 5.32 Å². The van der Waals surface area contributed by atoms with Crippen LogP contribution in [-0.4, -0.2) is 39.0 Å². The fourth-order valence-electron chi connectivity index (χ4n) is 2.92. The van der Waals surface area contributed by atoms with Crippen LogP contribution >= 0.6 is 24.0 Å². The van der Waals surface area contributed by atoms with Crippen molar-refractivity contribution < 1.29 is 4.92 Å². The molecule has 0 spiro atoms. The molecule has 1 unspecified atom stereocenters. The zero-order valence-corrected chi connectivity index (χ0v) is 14.8. The first-order chi connectivity index (χ1) is 11.1. The summed E-state index contributed by atoms with van der Waals surface area (Å²) < 4.78 is 2.02. The van der Waals surface area contributed by atoms with Crippen molar-refractivity contribution in [2.45, 2.75) is 12.6 Å². The summed E-state index contributed by atoms with van der Waals surface area (Å²) in [5, 5.41) is 14.4. The molecule has 0 saturated carbocycles. The first-order valence-corrected chi connectivity index (χ1v) is 7.79. The first kappa shape index (κ1) is 18.7. The molecule has 0 radical (unpaired) electrons. The highest BCUT2D eigenvalue weighted by Gasteiger charge is 2.27. The monoisotopic (exact) mass is 371 g/mol. The molecule has 1 saturated heterocycles. The summed E-state index contributed by atoms with van der Waals surface area (Å²) >= 11 is 6.01. The molecule has 130 valence electrons. The minimum Gasteiger partial charge on any atom is -0.337 e. The predicted octanol–water partition coefficient (Wildman–Crippen LogP) is 2.55. The molecular weight excluding hydrogens is 353 g/mol. The van der Waals surface area contributed by atoms with E-state index in [1.165, 1.54) is 6.07 Å². The third-order valence-corrected chi connectivity index (χ3v) is 4.41. The van der Waals surface area contributed by atoms with Crippen molar-refractivity contribution in [2.24, 2.45) is 7.05 Å². The fraction of sp³-hybridized carbons (Fsp3) is 0.400. The summed E-state index contributed by atoms with van der Waals surface area (Å²) in [6, 6.07) is 5.08. The van der Waals surface area contributed by atoms with Crippen LogP contribution in [0.3, 0.4) is 0 Å². The Bertz CT molecular complexity index is 722. The molecule has 2 heterocycles. The second-order valence-electron chi connectivity index (χ2n) is 5.63. The van der Waals surface area contributed by atoms with Gasteiger partial charge < -0.3 is 9.88 Å². The Hall–Kier alpha value is -1.67. The Morgan fingerprint density at radius 2 is 2.29 bits per heavy atom. The van der Waals surface area contributed by atoms with Crippen molar-refractivity contribution in [1.29, 1.82) is 0 Å².